The normalized spacial score (nSPS) is 31.4. The second-order valence-electron chi connectivity index (χ2n) is 10.6. The number of piperidine rings is 2. The highest BCUT2D eigenvalue weighted by Crippen LogP contribution is 2.73. The van der Waals surface area contributed by atoms with Crippen LogP contribution in [0.1, 0.15) is 57.1 Å². The van der Waals surface area contributed by atoms with Gasteiger partial charge < -0.3 is 14.0 Å². The zero-order valence-electron chi connectivity index (χ0n) is 20.3. The molecule has 2 aliphatic carbocycles. The number of rotatable bonds is 8. The van der Waals surface area contributed by atoms with Crippen LogP contribution < -0.4 is 0 Å². The SMILES string of the molecule is CCSC(C)OC(C(=O)OC1CC2C13CCC3[N+]21CCCC1)(c1ccccc1)c1ccccc1. The Bertz CT molecular complexity index is 988. The molecular formula is C29H36NO3S+. The van der Waals surface area contributed by atoms with Crippen LogP contribution in [0, 0.1) is 5.41 Å². The van der Waals surface area contributed by atoms with Crippen molar-refractivity contribution in [2.75, 3.05) is 18.8 Å². The molecule has 2 spiro atoms. The molecule has 0 amide bonds. The van der Waals surface area contributed by atoms with Gasteiger partial charge in [-0.3, -0.25) is 0 Å². The van der Waals surface area contributed by atoms with Crippen LogP contribution in [0.3, 0.4) is 0 Å². The molecular weight excluding hydrogens is 442 g/mol. The minimum atomic E-state index is -1.27. The molecule has 2 aromatic rings. The maximum absolute atomic E-state index is 14.3. The van der Waals surface area contributed by atoms with Crippen molar-refractivity contribution in [1.82, 2.24) is 0 Å². The molecule has 34 heavy (non-hydrogen) atoms. The lowest BCUT2D eigenvalue weighted by Crippen LogP contribution is -2.94. The van der Waals surface area contributed by atoms with Crippen molar-refractivity contribution in [1.29, 1.82) is 0 Å². The molecule has 0 bridgehead atoms. The van der Waals surface area contributed by atoms with Crippen molar-refractivity contribution >= 4 is 17.7 Å². The summed E-state index contributed by atoms with van der Waals surface area (Å²) < 4.78 is 14.6. The van der Waals surface area contributed by atoms with E-state index in [2.05, 4.69) is 6.92 Å². The Balaban J connectivity index is 1.34. The molecule has 2 aliphatic heterocycles. The highest BCUT2D eigenvalue weighted by molar-refractivity contribution is 7.99. The third kappa shape index (κ3) is 2.96. The fourth-order valence-electron chi connectivity index (χ4n) is 7.99. The number of hydrogen-bond acceptors (Lipinski definition) is 4. The van der Waals surface area contributed by atoms with E-state index in [1.54, 1.807) is 11.8 Å². The number of quaternary nitrogens is 1. The van der Waals surface area contributed by atoms with Gasteiger partial charge in [0.05, 0.1) is 13.1 Å². The van der Waals surface area contributed by atoms with Crippen molar-refractivity contribution in [3.8, 4) is 0 Å². The molecule has 2 saturated heterocycles. The lowest BCUT2D eigenvalue weighted by Gasteiger charge is -2.80. The lowest BCUT2D eigenvalue weighted by atomic mass is 9.39. The number of hydrogen-bond donors (Lipinski definition) is 0. The van der Waals surface area contributed by atoms with Gasteiger partial charge in [0, 0.05) is 25.7 Å². The third-order valence-corrected chi connectivity index (χ3v) is 10.3. The van der Waals surface area contributed by atoms with Crippen LogP contribution in [0.2, 0.25) is 0 Å². The highest BCUT2D eigenvalue weighted by Gasteiger charge is 2.86. The topological polar surface area (TPSA) is 35.5 Å². The summed E-state index contributed by atoms with van der Waals surface area (Å²) in [7, 11) is 0. The van der Waals surface area contributed by atoms with Gasteiger partial charge in [-0.1, -0.05) is 67.6 Å². The molecule has 6 rings (SSSR count). The highest BCUT2D eigenvalue weighted by atomic mass is 32.2. The first kappa shape index (κ1) is 22.6. The molecule has 0 radical (unpaired) electrons. The van der Waals surface area contributed by atoms with E-state index in [9.17, 15) is 4.79 Å². The second-order valence-corrected chi connectivity index (χ2v) is 12.2. The maximum Gasteiger partial charge on any atom is 0.348 e. The van der Waals surface area contributed by atoms with E-state index < -0.39 is 5.60 Å². The molecule has 5 atom stereocenters. The first-order chi connectivity index (χ1) is 16.6. The van der Waals surface area contributed by atoms with Crippen molar-refractivity contribution in [3.05, 3.63) is 71.8 Å². The van der Waals surface area contributed by atoms with Gasteiger partial charge in [-0.25, -0.2) is 4.79 Å². The second kappa shape index (κ2) is 8.39. The Morgan fingerprint density at radius 3 is 2.18 bits per heavy atom. The van der Waals surface area contributed by atoms with Gasteiger partial charge in [-0.05, 0) is 30.2 Å². The first-order valence-corrected chi connectivity index (χ1v) is 14.1. The average molecular weight is 479 g/mol. The fourth-order valence-corrected chi connectivity index (χ4v) is 8.68. The van der Waals surface area contributed by atoms with Gasteiger partial charge in [0.2, 0.25) is 5.60 Å². The van der Waals surface area contributed by atoms with E-state index in [-0.39, 0.29) is 22.9 Å². The van der Waals surface area contributed by atoms with Crippen LogP contribution in [0.5, 0.6) is 0 Å². The van der Waals surface area contributed by atoms with Gasteiger partial charge in [-0.15, -0.1) is 11.8 Å². The van der Waals surface area contributed by atoms with Crippen LogP contribution in [0.15, 0.2) is 60.7 Å². The zero-order chi connectivity index (χ0) is 23.4. The van der Waals surface area contributed by atoms with E-state index in [0.717, 1.165) is 23.3 Å². The largest absolute Gasteiger partial charge is 0.458 e. The summed E-state index contributed by atoms with van der Waals surface area (Å²) in [5, 5.41) is 0. The first-order valence-electron chi connectivity index (χ1n) is 13.1. The number of benzene rings is 2. The van der Waals surface area contributed by atoms with Gasteiger partial charge >= 0.3 is 5.97 Å². The summed E-state index contributed by atoms with van der Waals surface area (Å²) in [5.74, 6) is 0.669. The Morgan fingerprint density at radius 2 is 1.68 bits per heavy atom. The molecule has 5 heteroatoms. The summed E-state index contributed by atoms with van der Waals surface area (Å²) in [6.45, 7) is 6.83. The number of nitrogens with zero attached hydrogens (tertiary/aromatic N) is 1. The zero-order valence-corrected chi connectivity index (χ0v) is 21.1. The smallest absolute Gasteiger partial charge is 0.348 e. The monoisotopic (exact) mass is 478 g/mol. The van der Waals surface area contributed by atoms with E-state index >= 15 is 0 Å². The molecule has 0 aromatic heterocycles. The van der Waals surface area contributed by atoms with Crippen molar-refractivity contribution in [3.63, 3.8) is 0 Å². The molecule has 2 aromatic carbocycles. The van der Waals surface area contributed by atoms with Crippen molar-refractivity contribution in [2.24, 2.45) is 5.41 Å². The minimum absolute atomic E-state index is 0.0256. The number of carbonyl (C=O) groups is 1. The standard InChI is InChI=1S/C29H36NO3S/c1-3-34-21(2)33-29(22-12-6-4-7-13-22,23-14-8-5-9-15-23)27(31)32-26-20-25-28(26)17-16-24(28)30(25)18-10-11-19-30/h4-9,12-15,21,24-26H,3,10-11,16-20H2,1-2H3/q+1. The number of carbonyl (C=O) groups excluding carboxylic acids is 1. The Morgan fingerprint density at radius 1 is 1.06 bits per heavy atom. The predicted octanol–water partition coefficient (Wildman–Crippen LogP) is 5.50. The quantitative estimate of drug-likeness (QED) is 0.285. The lowest BCUT2D eigenvalue weighted by molar-refractivity contribution is -1.05. The van der Waals surface area contributed by atoms with Gasteiger partial charge in [0.1, 0.15) is 29.0 Å². The van der Waals surface area contributed by atoms with E-state index in [0.29, 0.717) is 12.1 Å². The number of esters is 1. The van der Waals surface area contributed by atoms with Crippen molar-refractivity contribution in [2.45, 2.75) is 75.2 Å². The van der Waals surface area contributed by atoms with Gasteiger partial charge in [0.15, 0.2) is 0 Å². The Hall–Kier alpha value is -1.82. The molecule has 2 saturated carbocycles. The Kier molecular flexibility index (Phi) is 5.58. The Labute approximate surface area is 207 Å². The molecule has 4 fully saturated rings. The fraction of sp³-hybridized carbons (Fsp3) is 0.552. The molecule has 4 nitrogen and oxygen atoms in total. The molecule has 2 heterocycles. The molecule has 180 valence electrons. The molecule has 0 N–H and O–H groups in total. The number of fused-ring (bicyclic) bond motifs is 2. The van der Waals surface area contributed by atoms with E-state index in [1.165, 1.54) is 43.3 Å². The van der Waals surface area contributed by atoms with E-state index in [4.69, 9.17) is 9.47 Å². The van der Waals surface area contributed by atoms with Crippen LogP contribution in [-0.4, -0.2) is 52.9 Å². The summed E-state index contributed by atoms with van der Waals surface area (Å²) in [6.07, 6.45) is 6.28. The van der Waals surface area contributed by atoms with Gasteiger partial charge in [0.25, 0.3) is 0 Å². The van der Waals surface area contributed by atoms with Crippen LogP contribution in [0.4, 0.5) is 0 Å². The summed E-state index contributed by atoms with van der Waals surface area (Å²) in [6, 6.07) is 21.3. The van der Waals surface area contributed by atoms with Crippen LogP contribution >= 0.6 is 11.8 Å². The van der Waals surface area contributed by atoms with Crippen LogP contribution in [0.25, 0.3) is 0 Å². The summed E-state index contributed by atoms with van der Waals surface area (Å²) in [4.78, 5) is 14.3. The average Bonchev–Trinajstić information content (AvgIpc) is 3.30. The van der Waals surface area contributed by atoms with Crippen LogP contribution in [-0.2, 0) is 19.9 Å². The van der Waals surface area contributed by atoms with E-state index in [1.807, 2.05) is 67.6 Å². The molecule has 5 unspecified atom stereocenters. The predicted molar refractivity (Wildman–Crippen MR) is 135 cm³/mol. The maximum atomic E-state index is 14.3. The summed E-state index contributed by atoms with van der Waals surface area (Å²) in [5.41, 5.74) is 0.496. The molecule has 4 aliphatic rings. The number of ether oxygens (including phenoxy) is 2. The third-order valence-electron chi connectivity index (χ3n) is 9.41. The number of thioether (sulfide) groups is 1. The van der Waals surface area contributed by atoms with Crippen molar-refractivity contribution < 1.29 is 18.8 Å². The summed E-state index contributed by atoms with van der Waals surface area (Å²) >= 11 is 1.71. The van der Waals surface area contributed by atoms with Gasteiger partial charge in [-0.2, -0.15) is 0 Å². The minimum Gasteiger partial charge on any atom is -0.458 e.